The minimum absolute atomic E-state index is 0.0203. The average molecular weight is 342 g/mol. The summed E-state index contributed by atoms with van der Waals surface area (Å²) >= 11 is 1.63. The fourth-order valence-electron chi connectivity index (χ4n) is 2.77. The number of rotatable bonds is 5. The van der Waals surface area contributed by atoms with E-state index in [1.807, 2.05) is 42.0 Å². The SMILES string of the molecule is Cc1ccc(N2CCC(CNC(=O)C=Cc3ccsc3)CC2)nn1. The summed E-state index contributed by atoms with van der Waals surface area (Å²) in [4.78, 5) is 14.1. The Bertz CT molecular complexity index is 674. The first-order valence-corrected chi connectivity index (χ1v) is 9.18. The molecule has 126 valence electrons. The summed E-state index contributed by atoms with van der Waals surface area (Å²) in [6.07, 6.45) is 5.58. The van der Waals surface area contributed by atoms with Crippen LogP contribution in [0.15, 0.2) is 35.0 Å². The Kier molecular flexibility index (Phi) is 5.59. The van der Waals surface area contributed by atoms with Crippen molar-refractivity contribution in [3.8, 4) is 0 Å². The molecular weight excluding hydrogens is 320 g/mol. The van der Waals surface area contributed by atoms with Crippen molar-refractivity contribution in [2.24, 2.45) is 5.92 Å². The topological polar surface area (TPSA) is 58.1 Å². The third kappa shape index (κ3) is 4.64. The molecule has 1 N–H and O–H groups in total. The van der Waals surface area contributed by atoms with Crippen LogP contribution < -0.4 is 10.2 Å². The van der Waals surface area contributed by atoms with Gasteiger partial charge in [-0.1, -0.05) is 0 Å². The molecule has 0 aromatic carbocycles. The van der Waals surface area contributed by atoms with Gasteiger partial charge < -0.3 is 10.2 Å². The molecule has 0 radical (unpaired) electrons. The number of hydrogen-bond acceptors (Lipinski definition) is 5. The second kappa shape index (κ2) is 8.06. The number of aryl methyl sites for hydroxylation is 1. The van der Waals surface area contributed by atoms with Crippen molar-refractivity contribution < 1.29 is 4.79 Å². The lowest BCUT2D eigenvalue weighted by molar-refractivity contribution is -0.116. The maximum Gasteiger partial charge on any atom is 0.244 e. The van der Waals surface area contributed by atoms with Crippen LogP contribution in [0.25, 0.3) is 6.08 Å². The van der Waals surface area contributed by atoms with Crippen molar-refractivity contribution in [3.63, 3.8) is 0 Å². The van der Waals surface area contributed by atoms with Crippen molar-refractivity contribution in [1.29, 1.82) is 0 Å². The smallest absolute Gasteiger partial charge is 0.244 e. The second-order valence-electron chi connectivity index (χ2n) is 6.10. The molecule has 0 unspecified atom stereocenters. The van der Waals surface area contributed by atoms with E-state index < -0.39 is 0 Å². The van der Waals surface area contributed by atoms with Crippen LogP contribution in [0.3, 0.4) is 0 Å². The van der Waals surface area contributed by atoms with Gasteiger partial charge in [-0.25, -0.2) is 0 Å². The number of nitrogens with zero attached hydrogens (tertiary/aromatic N) is 3. The predicted molar refractivity (Wildman–Crippen MR) is 98.1 cm³/mol. The third-order valence-corrected chi connectivity index (χ3v) is 4.96. The molecule has 0 bridgehead atoms. The largest absolute Gasteiger partial charge is 0.355 e. The molecule has 0 saturated carbocycles. The number of nitrogens with one attached hydrogen (secondary N) is 1. The number of anilines is 1. The fourth-order valence-corrected chi connectivity index (χ4v) is 3.40. The Morgan fingerprint density at radius 2 is 2.17 bits per heavy atom. The van der Waals surface area contributed by atoms with Crippen molar-refractivity contribution >= 4 is 29.1 Å². The Labute approximate surface area is 146 Å². The highest BCUT2D eigenvalue weighted by Gasteiger charge is 2.20. The van der Waals surface area contributed by atoms with E-state index in [1.165, 1.54) is 0 Å². The lowest BCUT2D eigenvalue weighted by Crippen LogP contribution is -2.38. The van der Waals surface area contributed by atoms with Crippen LogP contribution in [0, 0.1) is 12.8 Å². The van der Waals surface area contributed by atoms with Gasteiger partial charge in [0.15, 0.2) is 5.82 Å². The maximum absolute atomic E-state index is 11.9. The fraction of sp³-hybridized carbons (Fsp3) is 0.389. The van der Waals surface area contributed by atoms with E-state index in [-0.39, 0.29) is 5.91 Å². The number of aromatic nitrogens is 2. The number of amides is 1. The monoisotopic (exact) mass is 342 g/mol. The van der Waals surface area contributed by atoms with Crippen LogP contribution in [0.1, 0.15) is 24.1 Å². The molecule has 0 aliphatic carbocycles. The van der Waals surface area contributed by atoms with E-state index in [2.05, 4.69) is 20.4 Å². The summed E-state index contributed by atoms with van der Waals surface area (Å²) in [6, 6.07) is 6.02. The Morgan fingerprint density at radius 3 is 2.83 bits per heavy atom. The van der Waals surface area contributed by atoms with Crippen LogP contribution in [-0.2, 0) is 4.79 Å². The quantitative estimate of drug-likeness (QED) is 0.849. The number of piperidine rings is 1. The molecule has 1 aliphatic heterocycles. The van der Waals surface area contributed by atoms with Gasteiger partial charge in [-0.15, -0.1) is 5.10 Å². The van der Waals surface area contributed by atoms with Crippen LogP contribution >= 0.6 is 11.3 Å². The van der Waals surface area contributed by atoms with Crippen molar-refractivity contribution in [2.75, 3.05) is 24.5 Å². The summed E-state index contributed by atoms with van der Waals surface area (Å²) in [5.74, 6) is 1.45. The highest BCUT2D eigenvalue weighted by atomic mass is 32.1. The number of carbonyl (C=O) groups is 1. The Hall–Kier alpha value is -2.21. The van der Waals surface area contributed by atoms with E-state index in [9.17, 15) is 4.79 Å². The zero-order chi connectivity index (χ0) is 16.8. The lowest BCUT2D eigenvalue weighted by Gasteiger charge is -2.32. The van der Waals surface area contributed by atoms with Crippen LogP contribution in [-0.4, -0.2) is 35.7 Å². The van der Waals surface area contributed by atoms with Crippen LogP contribution in [0.4, 0.5) is 5.82 Å². The third-order valence-electron chi connectivity index (χ3n) is 4.26. The van der Waals surface area contributed by atoms with Gasteiger partial charge in [-0.2, -0.15) is 16.4 Å². The zero-order valence-corrected chi connectivity index (χ0v) is 14.6. The van der Waals surface area contributed by atoms with E-state index in [0.29, 0.717) is 5.92 Å². The predicted octanol–water partition coefficient (Wildman–Crippen LogP) is 2.89. The molecule has 1 saturated heterocycles. The summed E-state index contributed by atoms with van der Waals surface area (Å²) in [5.41, 5.74) is 2.01. The van der Waals surface area contributed by atoms with Gasteiger partial charge in [0.25, 0.3) is 0 Å². The average Bonchev–Trinajstić information content (AvgIpc) is 3.13. The summed E-state index contributed by atoms with van der Waals surface area (Å²) in [6.45, 7) is 4.60. The molecule has 2 aromatic heterocycles. The first-order valence-electron chi connectivity index (χ1n) is 8.24. The first-order chi connectivity index (χ1) is 11.7. The summed E-state index contributed by atoms with van der Waals surface area (Å²) < 4.78 is 0. The maximum atomic E-state index is 11.9. The summed E-state index contributed by atoms with van der Waals surface area (Å²) in [7, 11) is 0. The highest BCUT2D eigenvalue weighted by Crippen LogP contribution is 2.20. The van der Waals surface area contributed by atoms with E-state index in [4.69, 9.17) is 0 Å². The van der Waals surface area contributed by atoms with Gasteiger partial charge in [0.05, 0.1) is 5.69 Å². The van der Waals surface area contributed by atoms with E-state index >= 15 is 0 Å². The molecule has 24 heavy (non-hydrogen) atoms. The minimum Gasteiger partial charge on any atom is -0.355 e. The van der Waals surface area contributed by atoms with Gasteiger partial charge in [0.1, 0.15) is 0 Å². The molecule has 3 heterocycles. The molecule has 3 rings (SSSR count). The standard InChI is InChI=1S/C18H22N4OS/c1-14-2-4-17(21-20-14)22-9-6-15(7-10-22)12-19-18(23)5-3-16-8-11-24-13-16/h2-5,8,11,13,15H,6-7,9-10,12H2,1H3,(H,19,23). The van der Waals surface area contributed by atoms with Gasteiger partial charge in [-0.3, -0.25) is 4.79 Å². The second-order valence-corrected chi connectivity index (χ2v) is 6.88. The van der Waals surface area contributed by atoms with Crippen molar-refractivity contribution in [1.82, 2.24) is 15.5 Å². The van der Waals surface area contributed by atoms with Crippen LogP contribution in [0.2, 0.25) is 0 Å². The summed E-state index contributed by atoms with van der Waals surface area (Å²) in [5, 5.41) is 15.4. The molecule has 6 heteroatoms. The Balaban J connectivity index is 1.40. The number of thiophene rings is 1. The molecule has 1 aliphatic rings. The van der Waals surface area contributed by atoms with Gasteiger partial charge >= 0.3 is 0 Å². The van der Waals surface area contributed by atoms with Crippen molar-refractivity contribution in [3.05, 3.63) is 46.3 Å². The molecule has 1 amide bonds. The minimum atomic E-state index is -0.0203. The number of hydrogen-bond donors (Lipinski definition) is 1. The normalized spacial score (nSPS) is 15.8. The van der Waals surface area contributed by atoms with Crippen LogP contribution in [0.5, 0.6) is 0 Å². The first kappa shape index (κ1) is 16.6. The van der Waals surface area contributed by atoms with E-state index in [1.54, 1.807) is 17.4 Å². The Morgan fingerprint density at radius 1 is 1.33 bits per heavy atom. The zero-order valence-electron chi connectivity index (χ0n) is 13.8. The van der Waals surface area contributed by atoms with Gasteiger partial charge in [-0.05, 0) is 66.3 Å². The molecule has 0 spiro atoms. The lowest BCUT2D eigenvalue weighted by atomic mass is 9.97. The number of carbonyl (C=O) groups excluding carboxylic acids is 1. The molecule has 5 nitrogen and oxygen atoms in total. The molecular formula is C18H22N4OS. The molecule has 2 aromatic rings. The highest BCUT2D eigenvalue weighted by molar-refractivity contribution is 7.08. The van der Waals surface area contributed by atoms with Gasteiger partial charge in [0, 0.05) is 25.7 Å². The van der Waals surface area contributed by atoms with Gasteiger partial charge in [0.2, 0.25) is 5.91 Å². The molecule has 0 atom stereocenters. The van der Waals surface area contributed by atoms with Crippen molar-refractivity contribution in [2.45, 2.75) is 19.8 Å². The van der Waals surface area contributed by atoms with E-state index in [0.717, 1.165) is 49.6 Å². The molecule has 1 fully saturated rings.